The number of piperazine rings is 1. The van der Waals surface area contributed by atoms with Gasteiger partial charge in [-0.2, -0.15) is 0 Å². The van der Waals surface area contributed by atoms with Crippen LogP contribution in [0.5, 0.6) is 11.5 Å². The second kappa shape index (κ2) is 12.3. The Kier molecular flexibility index (Phi) is 8.08. The van der Waals surface area contributed by atoms with Crippen molar-refractivity contribution in [3.63, 3.8) is 0 Å². The molecule has 0 unspecified atom stereocenters. The number of H-pyrrole nitrogens is 1. The van der Waals surface area contributed by atoms with E-state index >= 15 is 0 Å². The molecule has 1 spiro atoms. The van der Waals surface area contributed by atoms with E-state index in [0.717, 1.165) is 73.6 Å². The number of nitrogens with zero attached hydrogens (tertiary/aromatic N) is 2. The molecule has 3 heterocycles. The van der Waals surface area contributed by atoms with E-state index in [2.05, 4.69) is 26.9 Å². The predicted molar refractivity (Wildman–Crippen MR) is 172 cm³/mol. The van der Waals surface area contributed by atoms with Crippen molar-refractivity contribution >= 4 is 39.7 Å². The van der Waals surface area contributed by atoms with Crippen LogP contribution in [0.25, 0.3) is 16.5 Å². The van der Waals surface area contributed by atoms with Crippen molar-refractivity contribution in [2.24, 2.45) is 0 Å². The smallest absolute Gasteiger partial charge is 0.341 e. The van der Waals surface area contributed by atoms with Crippen molar-refractivity contribution in [1.29, 1.82) is 0 Å². The van der Waals surface area contributed by atoms with E-state index in [1.54, 1.807) is 6.07 Å². The molecule has 0 atom stereocenters. The number of carbonyl (C=O) groups is 1. The van der Waals surface area contributed by atoms with Crippen LogP contribution in [0.15, 0.2) is 78.5 Å². The molecular formula is C35H36ClN3O5. The zero-order valence-electron chi connectivity index (χ0n) is 24.8. The van der Waals surface area contributed by atoms with Crippen LogP contribution in [0.2, 0.25) is 5.02 Å². The van der Waals surface area contributed by atoms with Crippen LogP contribution in [0.4, 0.5) is 5.69 Å². The molecule has 0 saturated carbocycles. The zero-order valence-corrected chi connectivity index (χ0v) is 25.6. The van der Waals surface area contributed by atoms with Crippen molar-refractivity contribution in [1.82, 2.24) is 9.88 Å². The summed E-state index contributed by atoms with van der Waals surface area (Å²) in [6.07, 6.45) is 4.47. The largest absolute Gasteiger partial charge is 0.465 e. The minimum Gasteiger partial charge on any atom is -0.465 e. The van der Waals surface area contributed by atoms with Crippen LogP contribution in [0.1, 0.15) is 35.2 Å². The molecule has 0 amide bonds. The molecule has 44 heavy (non-hydrogen) atoms. The lowest BCUT2D eigenvalue weighted by atomic mass is 9.83. The third-order valence-electron chi connectivity index (χ3n) is 8.95. The number of methoxy groups -OCH3 is 1. The van der Waals surface area contributed by atoms with Crippen LogP contribution in [0, 0.1) is 0 Å². The van der Waals surface area contributed by atoms with Gasteiger partial charge in [0.2, 0.25) is 0 Å². The quantitative estimate of drug-likeness (QED) is 0.227. The van der Waals surface area contributed by atoms with Crippen LogP contribution in [-0.4, -0.2) is 74.7 Å². The third-order valence-corrected chi connectivity index (χ3v) is 9.20. The number of carbonyl (C=O) groups excluding carboxylic acids is 1. The van der Waals surface area contributed by atoms with E-state index in [4.69, 9.17) is 30.5 Å². The van der Waals surface area contributed by atoms with Crippen LogP contribution < -0.4 is 9.64 Å². The molecular weight excluding hydrogens is 578 g/mol. The molecule has 2 fully saturated rings. The Balaban J connectivity index is 1.08. The van der Waals surface area contributed by atoms with E-state index in [1.165, 1.54) is 23.8 Å². The van der Waals surface area contributed by atoms with Gasteiger partial charge in [0.05, 0.1) is 20.3 Å². The van der Waals surface area contributed by atoms with Crippen molar-refractivity contribution in [3.05, 3.63) is 94.6 Å². The highest BCUT2D eigenvalue weighted by Crippen LogP contribution is 2.43. The molecule has 3 aliphatic rings. The van der Waals surface area contributed by atoms with E-state index in [1.807, 2.05) is 54.7 Å². The van der Waals surface area contributed by atoms with Crippen molar-refractivity contribution in [3.8, 4) is 11.5 Å². The summed E-state index contributed by atoms with van der Waals surface area (Å²) < 4.78 is 23.6. The predicted octanol–water partition coefficient (Wildman–Crippen LogP) is 6.90. The molecule has 228 valence electrons. The summed E-state index contributed by atoms with van der Waals surface area (Å²) in [5.74, 6) is 0.225. The van der Waals surface area contributed by atoms with E-state index in [0.29, 0.717) is 30.3 Å². The van der Waals surface area contributed by atoms with Crippen molar-refractivity contribution < 1.29 is 23.7 Å². The lowest BCUT2D eigenvalue weighted by Crippen LogP contribution is -2.47. The first-order valence-electron chi connectivity index (χ1n) is 15.2. The zero-order chi connectivity index (χ0) is 30.1. The molecule has 1 aliphatic carbocycles. The van der Waals surface area contributed by atoms with Gasteiger partial charge in [-0.15, -0.1) is 0 Å². The Morgan fingerprint density at radius 2 is 1.77 bits per heavy atom. The van der Waals surface area contributed by atoms with Crippen molar-refractivity contribution in [2.75, 3.05) is 57.9 Å². The van der Waals surface area contributed by atoms with Gasteiger partial charge in [0.15, 0.2) is 5.79 Å². The molecule has 7 rings (SSSR count). The maximum absolute atomic E-state index is 12.6. The van der Waals surface area contributed by atoms with E-state index < -0.39 is 11.8 Å². The molecule has 2 saturated heterocycles. The number of esters is 1. The van der Waals surface area contributed by atoms with Crippen LogP contribution >= 0.6 is 11.6 Å². The topological polar surface area (TPSA) is 76.3 Å². The Hall–Kier alpha value is -3.82. The first-order chi connectivity index (χ1) is 21.5. The number of aromatic amines is 1. The Morgan fingerprint density at radius 3 is 2.55 bits per heavy atom. The van der Waals surface area contributed by atoms with E-state index in [-0.39, 0.29) is 0 Å². The third kappa shape index (κ3) is 5.95. The van der Waals surface area contributed by atoms with Gasteiger partial charge < -0.3 is 28.8 Å². The number of benzene rings is 3. The SMILES string of the molecule is COC(=O)c1ccc(N2CCN(CC3=C(c4ccc(Cl)cc4)CCC4(C3)OCCO4)CC2)cc1Oc1ccc2[nH]ccc2c1. The second-order valence-electron chi connectivity index (χ2n) is 11.6. The van der Waals surface area contributed by atoms with Gasteiger partial charge in [0.1, 0.15) is 17.1 Å². The number of hydrogen-bond acceptors (Lipinski definition) is 7. The summed E-state index contributed by atoms with van der Waals surface area (Å²) in [4.78, 5) is 20.7. The van der Waals surface area contributed by atoms with Gasteiger partial charge in [-0.1, -0.05) is 23.7 Å². The number of fused-ring (bicyclic) bond motifs is 1. The molecule has 1 N–H and O–H groups in total. The number of allylic oxidation sites excluding steroid dienone is 1. The van der Waals surface area contributed by atoms with Crippen LogP contribution in [-0.2, 0) is 14.2 Å². The number of halogens is 1. The van der Waals surface area contributed by atoms with Gasteiger partial charge in [-0.25, -0.2) is 4.79 Å². The Labute approximate surface area is 262 Å². The fourth-order valence-corrected chi connectivity index (χ4v) is 6.76. The van der Waals surface area contributed by atoms with Crippen molar-refractivity contribution in [2.45, 2.75) is 25.0 Å². The molecule has 2 aliphatic heterocycles. The summed E-state index contributed by atoms with van der Waals surface area (Å²) in [7, 11) is 1.39. The molecule has 0 bridgehead atoms. The summed E-state index contributed by atoms with van der Waals surface area (Å²) >= 11 is 6.20. The van der Waals surface area contributed by atoms with Gasteiger partial charge in [0, 0.05) is 79.4 Å². The fourth-order valence-electron chi connectivity index (χ4n) is 6.63. The number of hydrogen-bond donors (Lipinski definition) is 1. The average molecular weight is 614 g/mol. The molecule has 4 aromatic rings. The molecule has 3 aromatic carbocycles. The number of rotatable bonds is 7. The summed E-state index contributed by atoms with van der Waals surface area (Å²) in [5.41, 5.74) is 6.43. The lowest BCUT2D eigenvalue weighted by molar-refractivity contribution is -0.162. The summed E-state index contributed by atoms with van der Waals surface area (Å²) in [6.45, 7) is 5.71. The number of ether oxygens (including phenoxy) is 4. The minimum atomic E-state index is -0.490. The first kappa shape index (κ1) is 28.9. The lowest BCUT2D eigenvalue weighted by Gasteiger charge is -2.40. The average Bonchev–Trinajstić information content (AvgIpc) is 3.71. The highest BCUT2D eigenvalue weighted by Gasteiger charge is 2.41. The van der Waals surface area contributed by atoms with Crippen LogP contribution in [0.3, 0.4) is 0 Å². The Morgan fingerprint density at radius 1 is 0.977 bits per heavy atom. The summed E-state index contributed by atoms with van der Waals surface area (Å²) in [5, 5.41) is 1.79. The van der Waals surface area contributed by atoms with Gasteiger partial charge in [-0.3, -0.25) is 4.90 Å². The fraction of sp³-hybridized carbons (Fsp3) is 0.343. The monoisotopic (exact) mass is 613 g/mol. The number of aromatic nitrogens is 1. The highest BCUT2D eigenvalue weighted by atomic mass is 35.5. The summed E-state index contributed by atoms with van der Waals surface area (Å²) in [6, 6.07) is 21.7. The van der Waals surface area contributed by atoms with Gasteiger partial charge >= 0.3 is 5.97 Å². The molecule has 1 aromatic heterocycles. The van der Waals surface area contributed by atoms with Gasteiger partial charge in [0.25, 0.3) is 0 Å². The number of anilines is 1. The van der Waals surface area contributed by atoms with Gasteiger partial charge in [-0.05, 0) is 71.7 Å². The van der Waals surface area contributed by atoms with E-state index in [9.17, 15) is 4.79 Å². The Bertz CT molecular complexity index is 1680. The second-order valence-corrected chi connectivity index (χ2v) is 12.1. The molecule has 0 radical (unpaired) electrons. The first-order valence-corrected chi connectivity index (χ1v) is 15.6. The molecule has 8 nitrogen and oxygen atoms in total. The normalized spacial score (nSPS) is 18.7. The standard InChI is InChI=1S/C35H36ClN3O5/c1-41-34(40)31-8-6-28(21-33(31)44-29-7-9-32-25(20-29)11-13-37-32)39-16-14-38(15-17-39)23-26-22-35(42-18-19-43-35)12-10-30(26)24-2-4-27(36)5-3-24/h2-9,11,13,20-21,37H,10,12,14-19,22-23H2,1H3. The molecule has 9 heteroatoms. The number of nitrogens with one attached hydrogen (secondary N) is 1. The maximum atomic E-state index is 12.6. The highest BCUT2D eigenvalue weighted by molar-refractivity contribution is 6.30. The minimum absolute atomic E-state index is 0.397. The maximum Gasteiger partial charge on any atom is 0.341 e.